The van der Waals surface area contributed by atoms with Crippen molar-refractivity contribution in [1.29, 1.82) is 0 Å². The summed E-state index contributed by atoms with van der Waals surface area (Å²) in [6.45, 7) is 5.69. The fourth-order valence-corrected chi connectivity index (χ4v) is 2.56. The molecular weight excluding hydrogens is 296 g/mol. The van der Waals surface area contributed by atoms with E-state index >= 15 is 0 Å². The molecule has 0 fully saturated rings. The number of nitrogens with zero attached hydrogens (tertiary/aromatic N) is 2. The number of amides is 1. The maximum Gasteiger partial charge on any atom is 0.276 e. The van der Waals surface area contributed by atoms with Crippen molar-refractivity contribution in [3.8, 4) is 0 Å². The Morgan fingerprint density at radius 2 is 2.26 bits per heavy atom. The topological polar surface area (TPSA) is 99.5 Å². The standard InChI is InChI=1S/C16H24N4O3/c1-4-10(2)13(9-21)19-15(22)6-5-12-11(3)18-14-7-8-17-20(14)16(12)23/h7-8,10,13,17,21H,4-6,9H2,1-3H3,(H,19,22)/t10-,13-/m0/s1. The molecule has 1 amide bonds. The van der Waals surface area contributed by atoms with E-state index in [0.29, 0.717) is 23.3 Å². The Morgan fingerprint density at radius 1 is 1.52 bits per heavy atom. The first kappa shape index (κ1) is 17.2. The Kier molecular flexibility index (Phi) is 5.54. The molecule has 2 rings (SSSR count). The number of aromatic amines is 1. The van der Waals surface area contributed by atoms with Crippen LogP contribution in [-0.2, 0) is 11.2 Å². The Morgan fingerprint density at radius 3 is 2.91 bits per heavy atom. The number of carbonyl (C=O) groups is 1. The summed E-state index contributed by atoms with van der Waals surface area (Å²) in [5, 5.41) is 15.0. The van der Waals surface area contributed by atoms with E-state index in [1.807, 2.05) is 13.8 Å². The largest absolute Gasteiger partial charge is 0.394 e. The van der Waals surface area contributed by atoms with Crippen molar-refractivity contribution in [3.63, 3.8) is 0 Å². The predicted molar refractivity (Wildman–Crippen MR) is 87.3 cm³/mol. The van der Waals surface area contributed by atoms with Crippen LogP contribution in [-0.4, -0.2) is 38.3 Å². The lowest BCUT2D eigenvalue weighted by Crippen LogP contribution is -2.42. The van der Waals surface area contributed by atoms with Crippen LogP contribution < -0.4 is 10.9 Å². The van der Waals surface area contributed by atoms with Gasteiger partial charge in [0.25, 0.3) is 5.56 Å². The van der Waals surface area contributed by atoms with Crippen molar-refractivity contribution < 1.29 is 9.90 Å². The fourth-order valence-electron chi connectivity index (χ4n) is 2.56. The van der Waals surface area contributed by atoms with Crippen LogP contribution in [0.5, 0.6) is 0 Å². The summed E-state index contributed by atoms with van der Waals surface area (Å²) in [7, 11) is 0. The monoisotopic (exact) mass is 320 g/mol. The van der Waals surface area contributed by atoms with Gasteiger partial charge < -0.3 is 10.4 Å². The summed E-state index contributed by atoms with van der Waals surface area (Å²) in [4.78, 5) is 28.8. The highest BCUT2D eigenvalue weighted by Gasteiger charge is 2.18. The number of fused-ring (bicyclic) bond motifs is 1. The van der Waals surface area contributed by atoms with Gasteiger partial charge in [-0.15, -0.1) is 0 Å². The van der Waals surface area contributed by atoms with Crippen LogP contribution in [0, 0.1) is 12.8 Å². The Balaban J connectivity index is 2.06. The van der Waals surface area contributed by atoms with Crippen LogP contribution in [0.3, 0.4) is 0 Å². The second kappa shape index (κ2) is 7.41. The van der Waals surface area contributed by atoms with Crippen molar-refractivity contribution in [2.75, 3.05) is 6.61 Å². The van der Waals surface area contributed by atoms with Crippen molar-refractivity contribution in [2.24, 2.45) is 5.92 Å². The SMILES string of the molecule is CC[C@H](C)[C@H](CO)NC(=O)CCc1c(C)nc2cc[nH]n2c1=O. The lowest BCUT2D eigenvalue weighted by atomic mass is 9.99. The molecule has 2 heterocycles. The number of aromatic nitrogens is 3. The highest BCUT2D eigenvalue weighted by Crippen LogP contribution is 2.09. The van der Waals surface area contributed by atoms with Gasteiger partial charge in [-0.05, 0) is 19.3 Å². The molecule has 0 saturated heterocycles. The quantitative estimate of drug-likeness (QED) is 0.702. The van der Waals surface area contributed by atoms with Crippen LogP contribution in [0.15, 0.2) is 17.1 Å². The second-order valence-corrected chi connectivity index (χ2v) is 5.88. The summed E-state index contributed by atoms with van der Waals surface area (Å²) in [5.41, 5.74) is 1.57. The molecule has 0 bridgehead atoms. The summed E-state index contributed by atoms with van der Waals surface area (Å²) in [6, 6.07) is 1.47. The van der Waals surface area contributed by atoms with E-state index in [9.17, 15) is 14.7 Å². The van der Waals surface area contributed by atoms with Crippen LogP contribution >= 0.6 is 0 Å². The Labute approximate surface area is 134 Å². The number of H-pyrrole nitrogens is 1. The molecule has 3 N–H and O–H groups in total. The molecule has 2 aromatic heterocycles. The molecule has 126 valence electrons. The average molecular weight is 320 g/mol. The molecule has 0 aromatic carbocycles. The molecule has 2 atom stereocenters. The van der Waals surface area contributed by atoms with Gasteiger partial charge in [-0.3, -0.25) is 14.7 Å². The van der Waals surface area contributed by atoms with Gasteiger partial charge in [-0.1, -0.05) is 20.3 Å². The number of aliphatic hydroxyl groups excluding tert-OH is 1. The number of hydrogen-bond acceptors (Lipinski definition) is 4. The highest BCUT2D eigenvalue weighted by molar-refractivity contribution is 5.76. The molecule has 7 nitrogen and oxygen atoms in total. The van der Waals surface area contributed by atoms with Crippen LogP contribution in [0.4, 0.5) is 0 Å². The first-order valence-electron chi connectivity index (χ1n) is 7.93. The van der Waals surface area contributed by atoms with Gasteiger partial charge in [-0.25, -0.2) is 9.50 Å². The lowest BCUT2D eigenvalue weighted by molar-refractivity contribution is -0.122. The number of carbonyl (C=O) groups excluding carboxylic acids is 1. The van der Waals surface area contributed by atoms with Crippen molar-refractivity contribution in [2.45, 2.75) is 46.1 Å². The van der Waals surface area contributed by atoms with Gasteiger partial charge in [0.15, 0.2) is 5.65 Å². The molecule has 0 aliphatic rings. The first-order chi connectivity index (χ1) is 11.0. The van der Waals surface area contributed by atoms with Crippen molar-refractivity contribution in [1.82, 2.24) is 19.9 Å². The minimum absolute atomic E-state index is 0.0849. The lowest BCUT2D eigenvalue weighted by Gasteiger charge is -2.22. The van der Waals surface area contributed by atoms with Crippen LogP contribution in [0.1, 0.15) is 37.9 Å². The molecular formula is C16H24N4O3. The summed E-state index contributed by atoms with van der Waals surface area (Å²) >= 11 is 0. The Bertz CT molecular complexity index is 734. The minimum atomic E-state index is -0.251. The molecule has 7 heteroatoms. The van der Waals surface area contributed by atoms with Crippen LogP contribution in [0.25, 0.3) is 5.65 Å². The molecule has 0 aliphatic carbocycles. The van der Waals surface area contributed by atoms with Gasteiger partial charge >= 0.3 is 0 Å². The molecule has 2 aromatic rings. The third-order valence-corrected chi connectivity index (χ3v) is 4.32. The van der Waals surface area contributed by atoms with E-state index in [1.54, 1.807) is 19.2 Å². The first-order valence-corrected chi connectivity index (χ1v) is 7.93. The van der Waals surface area contributed by atoms with E-state index < -0.39 is 0 Å². The zero-order chi connectivity index (χ0) is 17.0. The summed E-state index contributed by atoms with van der Waals surface area (Å²) < 4.78 is 1.37. The molecule has 0 spiro atoms. The van der Waals surface area contributed by atoms with E-state index in [0.717, 1.165) is 6.42 Å². The van der Waals surface area contributed by atoms with E-state index in [1.165, 1.54) is 4.52 Å². The third kappa shape index (κ3) is 3.79. The molecule has 23 heavy (non-hydrogen) atoms. The second-order valence-electron chi connectivity index (χ2n) is 5.88. The van der Waals surface area contributed by atoms with Gasteiger partial charge in [0, 0.05) is 29.9 Å². The maximum absolute atomic E-state index is 12.4. The summed E-state index contributed by atoms with van der Waals surface area (Å²) in [5.74, 6) is 0.0352. The van der Waals surface area contributed by atoms with Gasteiger partial charge in [-0.2, -0.15) is 0 Å². The van der Waals surface area contributed by atoms with E-state index in [-0.39, 0.29) is 36.5 Å². The predicted octanol–water partition coefficient (Wildman–Crippen LogP) is 0.787. The van der Waals surface area contributed by atoms with Gasteiger partial charge in [0.05, 0.1) is 12.6 Å². The zero-order valence-corrected chi connectivity index (χ0v) is 13.8. The minimum Gasteiger partial charge on any atom is -0.394 e. The van der Waals surface area contributed by atoms with Gasteiger partial charge in [0.2, 0.25) is 5.91 Å². The summed E-state index contributed by atoms with van der Waals surface area (Å²) in [6.07, 6.45) is 3.04. The molecule has 0 unspecified atom stereocenters. The van der Waals surface area contributed by atoms with Gasteiger partial charge in [0.1, 0.15) is 0 Å². The third-order valence-electron chi connectivity index (χ3n) is 4.32. The fraction of sp³-hybridized carbons (Fsp3) is 0.562. The molecule has 0 aliphatic heterocycles. The van der Waals surface area contributed by atoms with E-state index in [2.05, 4.69) is 15.4 Å². The van der Waals surface area contributed by atoms with Crippen LogP contribution in [0.2, 0.25) is 0 Å². The van der Waals surface area contributed by atoms with E-state index in [4.69, 9.17) is 0 Å². The zero-order valence-electron chi connectivity index (χ0n) is 13.8. The highest BCUT2D eigenvalue weighted by atomic mass is 16.3. The maximum atomic E-state index is 12.4. The number of aryl methyl sites for hydroxylation is 1. The number of aliphatic hydroxyl groups is 1. The number of hydrogen-bond donors (Lipinski definition) is 3. The number of rotatable bonds is 7. The molecule has 0 saturated carbocycles. The number of nitrogens with one attached hydrogen (secondary N) is 2. The Hall–Kier alpha value is -2.15. The average Bonchev–Trinajstić information content (AvgIpc) is 3.00. The van der Waals surface area contributed by atoms with Crippen molar-refractivity contribution >= 4 is 11.6 Å². The molecule has 0 radical (unpaired) electrons. The smallest absolute Gasteiger partial charge is 0.276 e. The normalized spacial score (nSPS) is 13.9. The van der Waals surface area contributed by atoms with Crippen molar-refractivity contribution in [3.05, 3.63) is 33.9 Å².